The third kappa shape index (κ3) is 19.2. The highest BCUT2D eigenvalue weighted by Gasteiger charge is 2.60. The van der Waals surface area contributed by atoms with Gasteiger partial charge in [-0.2, -0.15) is 0 Å². The second kappa shape index (κ2) is 28.9. The van der Waals surface area contributed by atoms with E-state index >= 15 is 0 Å². The smallest absolute Gasteiger partial charge is 0.349 e. The minimum atomic E-state index is -2.17. The first-order valence-corrected chi connectivity index (χ1v) is 24.2. The van der Waals surface area contributed by atoms with Crippen LogP contribution in [-0.4, -0.2) is 176 Å². The van der Waals surface area contributed by atoms with Crippen molar-refractivity contribution < 1.29 is 114 Å². The number of hydrogen-bond donors (Lipinski definition) is 2. The molecular weight excluding hydrogens is 1000 g/mol. The third-order valence-electron chi connectivity index (χ3n) is 10.1. The second-order valence-corrected chi connectivity index (χ2v) is 18.7. The fourth-order valence-electron chi connectivity index (χ4n) is 7.74. The predicted molar refractivity (Wildman–Crippen MR) is 244 cm³/mol. The number of methoxy groups -OCH3 is 2. The largest absolute Gasteiger partial charge is 0.467 e. The van der Waals surface area contributed by atoms with Crippen LogP contribution in [0.15, 0.2) is 12.2 Å². The zero-order valence-electron chi connectivity index (χ0n) is 41.8. The van der Waals surface area contributed by atoms with Crippen LogP contribution in [0.25, 0.3) is 0 Å². The number of hydrogen-bond acceptors (Lipinski definition) is 26. The Hall–Kier alpha value is -6.00. The quantitative estimate of drug-likeness (QED) is 0.0434. The average Bonchev–Trinajstić information content (AvgIpc) is 3.26. The van der Waals surface area contributed by atoms with Gasteiger partial charge in [-0.25, -0.2) is 9.59 Å². The standard InChI is InChI=1S/C44H62N2O24S2/c1-21(47)45-35-31(63-25(5)51)17-43(41(57)59-11,69-39(35)37(67-29(9)55)33(65-27(7)53)19-61-23(3)49)15-13-14-16-71-72-44(42(58)60-12)18-32(64-26(6)52)36(46-22(2)48)40(70-44)38(68-30(10)56)34(66-28(8)54)20-62-24(4)50/h13-14,31-40H,15-20H2,1-12H3,(H,45,47)(H,46,48)/b14-13+/t31-,32-,33+,34+,35+,36+,37+,38+,39+,40+,43+,44-/m0/s1. The van der Waals surface area contributed by atoms with Crippen molar-refractivity contribution in [1.29, 1.82) is 0 Å². The molecule has 0 aromatic heterocycles. The molecule has 2 heterocycles. The lowest BCUT2D eigenvalue weighted by Crippen LogP contribution is -2.68. The summed E-state index contributed by atoms with van der Waals surface area (Å²) in [5, 5.41) is 5.18. The maximum absolute atomic E-state index is 13.9. The van der Waals surface area contributed by atoms with E-state index in [4.69, 9.17) is 56.8 Å². The molecule has 0 aromatic rings. The van der Waals surface area contributed by atoms with E-state index in [0.29, 0.717) is 0 Å². The zero-order valence-corrected chi connectivity index (χ0v) is 43.4. The van der Waals surface area contributed by atoms with Crippen LogP contribution >= 0.6 is 21.6 Å². The Labute approximate surface area is 422 Å². The molecule has 0 aromatic carbocycles. The summed E-state index contributed by atoms with van der Waals surface area (Å²) in [6, 6.07) is -2.81. The van der Waals surface area contributed by atoms with Gasteiger partial charge < -0.3 is 67.5 Å². The zero-order chi connectivity index (χ0) is 54.7. The molecule has 0 saturated carbocycles. The molecule has 12 atom stereocenters. The molecule has 2 N–H and O–H groups in total. The minimum absolute atomic E-state index is 0.0454. The fraction of sp³-hybridized carbons (Fsp3) is 0.682. The van der Waals surface area contributed by atoms with Gasteiger partial charge in [-0.3, -0.25) is 47.9 Å². The summed E-state index contributed by atoms with van der Waals surface area (Å²) in [4.78, 5) is 150. The van der Waals surface area contributed by atoms with Crippen molar-refractivity contribution in [2.75, 3.05) is 33.2 Å². The average molecular weight is 1070 g/mol. The SMILES string of the molecule is COC(=O)[C@@]1(C/C=C/CSS[C@]2(C(=O)OC)C[C@H](OC(C)=O)[C@@H](NC(C)=O)[C@H]([C@H](OC(C)=O)[C@@H](COC(C)=O)OC(C)=O)O2)C[C@H](OC(C)=O)[C@@H](NC(C)=O)[C@H]([C@H](OC(C)=O)[C@@H](COC(C)=O)OC(C)=O)O1. The van der Waals surface area contributed by atoms with Crippen molar-refractivity contribution in [3.8, 4) is 0 Å². The van der Waals surface area contributed by atoms with Crippen LogP contribution in [0.1, 0.15) is 88.5 Å². The number of nitrogens with one attached hydrogen (secondary N) is 2. The van der Waals surface area contributed by atoms with Gasteiger partial charge in [-0.15, -0.1) is 0 Å². The summed E-state index contributed by atoms with van der Waals surface area (Å²) < 4.78 is 66.7. The molecule has 2 rings (SSSR count). The predicted octanol–water partition coefficient (Wildman–Crippen LogP) is 0.399. The number of carbonyl (C=O) groups excluding carboxylic acids is 12. The molecule has 0 radical (unpaired) electrons. The van der Waals surface area contributed by atoms with Crippen LogP contribution < -0.4 is 10.6 Å². The van der Waals surface area contributed by atoms with E-state index < -0.39 is 175 Å². The maximum atomic E-state index is 13.9. The maximum Gasteiger partial charge on any atom is 0.349 e. The number of esters is 10. The van der Waals surface area contributed by atoms with Gasteiger partial charge in [0.1, 0.15) is 37.6 Å². The topological polar surface area (TPSA) is 340 Å². The monoisotopic (exact) mass is 1070 g/mol. The van der Waals surface area contributed by atoms with E-state index in [1.54, 1.807) is 0 Å². The van der Waals surface area contributed by atoms with Crippen LogP contribution in [0.3, 0.4) is 0 Å². The molecule has 0 unspecified atom stereocenters. The molecule has 404 valence electrons. The van der Waals surface area contributed by atoms with Gasteiger partial charge in [0.15, 0.2) is 30.0 Å². The van der Waals surface area contributed by atoms with E-state index in [2.05, 4.69) is 10.6 Å². The Morgan fingerprint density at radius 3 is 1.33 bits per heavy atom. The molecule has 0 bridgehead atoms. The van der Waals surface area contributed by atoms with Gasteiger partial charge >= 0.3 is 59.7 Å². The first-order chi connectivity index (χ1) is 33.6. The van der Waals surface area contributed by atoms with Crippen molar-refractivity contribution in [2.45, 2.75) is 160 Å². The molecule has 2 saturated heterocycles. The van der Waals surface area contributed by atoms with Crippen LogP contribution in [0.4, 0.5) is 0 Å². The summed E-state index contributed by atoms with van der Waals surface area (Å²) in [6.45, 7) is 9.10. The van der Waals surface area contributed by atoms with E-state index in [1.165, 1.54) is 12.2 Å². The Balaban J connectivity index is 2.74. The molecule has 0 aliphatic carbocycles. The van der Waals surface area contributed by atoms with E-state index in [9.17, 15) is 57.5 Å². The van der Waals surface area contributed by atoms with Crippen molar-refractivity contribution in [3.05, 3.63) is 12.2 Å². The van der Waals surface area contributed by atoms with Gasteiger partial charge in [0, 0.05) is 94.3 Å². The number of rotatable bonds is 24. The Bertz CT molecular complexity index is 2050. The molecule has 2 aliphatic rings. The Kier molecular flexibility index (Phi) is 24.9. The van der Waals surface area contributed by atoms with Crippen LogP contribution in [0, 0.1) is 0 Å². The number of ether oxygens (including phenoxy) is 12. The summed E-state index contributed by atoms with van der Waals surface area (Å²) in [7, 11) is 3.73. The second-order valence-electron chi connectivity index (χ2n) is 16.1. The van der Waals surface area contributed by atoms with Crippen molar-refractivity contribution in [2.24, 2.45) is 0 Å². The Morgan fingerprint density at radius 2 is 0.958 bits per heavy atom. The van der Waals surface area contributed by atoms with Crippen LogP contribution in [0.5, 0.6) is 0 Å². The van der Waals surface area contributed by atoms with Gasteiger partial charge in [-0.1, -0.05) is 22.9 Å². The number of amides is 2. The van der Waals surface area contributed by atoms with Gasteiger partial charge in [0.25, 0.3) is 0 Å². The summed E-state index contributed by atoms with van der Waals surface area (Å²) >= 11 is 0. The lowest BCUT2D eigenvalue weighted by Gasteiger charge is -2.49. The molecule has 28 heteroatoms. The molecule has 2 aliphatic heterocycles. The lowest BCUT2D eigenvalue weighted by molar-refractivity contribution is -0.241. The highest BCUT2D eigenvalue weighted by Crippen LogP contribution is 2.48. The van der Waals surface area contributed by atoms with E-state index in [-0.39, 0.29) is 5.75 Å². The van der Waals surface area contributed by atoms with Crippen LogP contribution in [-0.2, 0) is 114 Å². The van der Waals surface area contributed by atoms with Gasteiger partial charge in [0.2, 0.25) is 16.7 Å². The highest BCUT2D eigenvalue weighted by molar-refractivity contribution is 8.77. The van der Waals surface area contributed by atoms with Crippen molar-refractivity contribution in [1.82, 2.24) is 10.6 Å². The Morgan fingerprint density at radius 1 is 0.542 bits per heavy atom. The lowest BCUT2D eigenvalue weighted by atomic mass is 9.81. The molecule has 26 nitrogen and oxygen atoms in total. The van der Waals surface area contributed by atoms with E-state index in [1.807, 2.05) is 0 Å². The van der Waals surface area contributed by atoms with Crippen molar-refractivity contribution >= 4 is 93.1 Å². The third-order valence-corrected chi connectivity index (χ3v) is 12.8. The normalized spacial score (nSPS) is 25.3. The molecule has 0 spiro atoms. The van der Waals surface area contributed by atoms with E-state index in [0.717, 1.165) is 105 Å². The molecule has 2 amide bonds. The molecular formula is C44H62N2O24S2. The highest BCUT2D eigenvalue weighted by atomic mass is 33.1. The summed E-state index contributed by atoms with van der Waals surface area (Å²) in [5.74, 6) is -10.7. The molecule has 72 heavy (non-hydrogen) atoms. The van der Waals surface area contributed by atoms with Gasteiger partial charge in [-0.05, 0) is 10.8 Å². The number of carbonyl (C=O) groups is 12. The summed E-state index contributed by atoms with van der Waals surface area (Å²) in [5.41, 5.74) is -2.12. The first kappa shape index (κ1) is 62.1. The van der Waals surface area contributed by atoms with Crippen molar-refractivity contribution in [3.63, 3.8) is 0 Å². The minimum Gasteiger partial charge on any atom is -0.467 e. The van der Waals surface area contributed by atoms with Crippen LogP contribution in [0.2, 0.25) is 0 Å². The molecule has 2 fully saturated rings. The first-order valence-electron chi connectivity index (χ1n) is 21.9. The fourth-order valence-corrected chi connectivity index (χ4v) is 10.3. The van der Waals surface area contributed by atoms with Gasteiger partial charge in [0.05, 0.1) is 26.3 Å². The summed E-state index contributed by atoms with van der Waals surface area (Å²) in [6.07, 6.45) is -11.4.